The summed E-state index contributed by atoms with van der Waals surface area (Å²) in [7, 11) is 2.02. The second-order valence-electron chi connectivity index (χ2n) is 3.45. The van der Waals surface area contributed by atoms with E-state index in [1.807, 2.05) is 18.4 Å². The van der Waals surface area contributed by atoms with Crippen molar-refractivity contribution >= 4 is 11.3 Å². The Kier molecular flexibility index (Phi) is 4.46. The van der Waals surface area contributed by atoms with E-state index in [2.05, 4.69) is 31.3 Å². The summed E-state index contributed by atoms with van der Waals surface area (Å²) in [5, 5.41) is 3.26. The monoisotopic (exact) mass is 197 g/mol. The molecule has 1 heterocycles. The summed E-state index contributed by atoms with van der Waals surface area (Å²) in [6.07, 6.45) is 3.62. The summed E-state index contributed by atoms with van der Waals surface area (Å²) >= 11 is 1.96. The molecule has 13 heavy (non-hydrogen) atoms. The highest BCUT2D eigenvalue weighted by Crippen LogP contribution is 2.18. The zero-order valence-corrected chi connectivity index (χ0v) is 9.58. The van der Waals surface area contributed by atoms with Crippen molar-refractivity contribution in [1.29, 1.82) is 0 Å². The third kappa shape index (κ3) is 3.49. The molecule has 1 aromatic rings. The van der Waals surface area contributed by atoms with Crippen molar-refractivity contribution in [2.24, 2.45) is 0 Å². The number of thiophene rings is 1. The molecule has 0 fully saturated rings. The molecule has 1 atom stereocenters. The SMILES string of the molecule is CCc1ccc(CCC(C)NC)s1. The normalized spacial score (nSPS) is 13.2. The molecule has 0 radical (unpaired) electrons. The van der Waals surface area contributed by atoms with Gasteiger partial charge in [-0.05, 0) is 45.4 Å². The first-order chi connectivity index (χ1) is 6.26. The molecule has 0 amide bonds. The largest absolute Gasteiger partial charge is 0.317 e. The molecule has 1 nitrogen and oxygen atoms in total. The van der Waals surface area contributed by atoms with Crippen molar-refractivity contribution in [2.75, 3.05) is 7.05 Å². The molecule has 0 aliphatic heterocycles. The summed E-state index contributed by atoms with van der Waals surface area (Å²) in [6.45, 7) is 4.44. The Bertz CT molecular complexity index is 242. The predicted molar refractivity (Wildman–Crippen MR) is 60.5 cm³/mol. The smallest absolute Gasteiger partial charge is 0.00487 e. The van der Waals surface area contributed by atoms with E-state index < -0.39 is 0 Å². The number of nitrogens with one attached hydrogen (secondary N) is 1. The van der Waals surface area contributed by atoms with Gasteiger partial charge in [0.05, 0.1) is 0 Å². The van der Waals surface area contributed by atoms with Gasteiger partial charge < -0.3 is 5.32 Å². The summed E-state index contributed by atoms with van der Waals surface area (Å²) in [5.74, 6) is 0. The first-order valence-corrected chi connectivity index (χ1v) is 5.82. The van der Waals surface area contributed by atoms with Gasteiger partial charge >= 0.3 is 0 Å². The fourth-order valence-electron chi connectivity index (χ4n) is 1.25. The van der Waals surface area contributed by atoms with E-state index in [0.29, 0.717) is 6.04 Å². The average Bonchev–Trinajstić information content (AvgIpc) is 2.61. The second kappa shape index (κ2) is 5.40. The van der Waals surface area contributed by atoms with Crippen LogP contribution in [0, 0.1) is 0 Å². The van der Waals surface area contributed by atoms with Crippen LogP contribution < -0.4 is 5.32 Å². The van der Waals surface area contributed by atoms with E-state index in [-0.39, 0.29) is 0 Å². The van der Waals surface area contributed by atoms with Crippen molar-refractivity contribution < 1.29 is 0 Å². The Balaban J connectivity index is 2.36. The Morgan fingerprint density at radius 1 is 1.38 bits per heavy atom. The van der Waals surface area contributed by atoms with E-state index in [4.69, 9.17) is 0 Å². The van der Waals surface area contributed by atoms with Crippen molar-refractivity contribution in [3.8, 4) is 0 Å². The molecule has 1 rings (SSSR count). The Morgan fingerprint density at radius 2 is 2.08 bits per heavy atom. The van der Waals surface area contributed by atoms with Gasteiger partial charge in [0.25, 0.3) is 0 Å². The Hall–Kier alpha value is -0.340. The molecule has 0 spiro atoms. The van der Waals surface area contributed by atoms with Crippen molar-refractivity contribution in [1.82, 2.24) is 5.32 Å². The minimum absolute atomic E-state index is 0.632. The van der Waals surface area contributed by atoms with Gasteiger partial charge in [0.15, 0.2) is 0 Å². The van der Waals surface area contributed by atoms with Crippen LogP contribution in [0.3, 0.4) is 0 Å². The molecule has 0 aliphatic rings. The van der Waals surface area contributed by atoms with Gasteiger partial charge in [-0.2, -0.15) is 0 Å². The molecule has 74 valence electrons. The lowest BCUT2D eigenvalue weighted by Crippen LogP contribution is -2.21. The van der Waals surface area contributed by atoms with Gasteiger partial charge in [-0.1, -0.05) is 6.92 Å². The molecule has 1 N–H and O–H groups in total. The molecular weight excluding hydrogens is 178 g/mol. The number of hydrogen-bond donors (Lipinski definition) is 1. The van der Waals surface area contributed by atoms with Crippen LogP contribution in [0.25, 0.3) is 0 Å². The summed E-state index contributed by atoms with van der Waals surface area (Å²) in [6, 6.07) is 5.16. The lowest BCUT2D eigenvalue weighted by molar-refractivity contribution is 0.567. The van der Waals surface area contributed by atoms with E-state index in [9.17, 15) is 0 Å². The summed E-state index contributed by atoms with van der Waals surface area (Å²) < 4.78 is 0. The van der Waals surface area contributed by atoms with Crippen molar-refractivity contribution in [3.05, 3.63) is 21.9 Å². The number of aryl methyl sites for hydroxylation is 2. The quantitative estimate of drug-likeness (QED) is 0.765. The van der Waals surface area contributed by atoms with Gasteiger partial charge in [0.2, 0.25) is 0 Å². The molecule has 0 aliphatic carbocycles. The van der Waals surface area contributed by atoms with E-state index in [0.717, 1.165) is 0 Å². The van der Waals surface area contributed by atoms with Crippen LogP contribution >= 0.6 is 11.3 Å². The second-order valence-corrected chi connectivity index (χ2v) is 4.70. The zero-order valence-electron chi connectivity index (χ0n) is 8.76. The van der Waals surface area contributed by atoms with Gasteiger partial charge in [-0.3, -0.25) is 0 Å². The third-order valence-corrected chi connectivity index (χ3v) is 3.67. The topological polar surface area (TPSA) is 12.0 Å². The molecule has 1 aromatic heterocycles. The molecule has 1 unspecified atom stereocenters. The van der Waals surface area contributed by atoms with Crippen molar-refractivity contribution in [2.45, 2.75) is 39.2 Å². The van der Waals surface area contributed by atoms with Crippen LogP contribution in [-0.2, 0) is 12.8 Å². The van der Waals surface area contributed by atoms with Crippen LogP contribution in [0.2, 0.25) is 0 Å². The first-order valence-electron chi connectivity index (χ1n) is 5.01. The maximum Gasteiger partial charge on any atom is 0.00487 e. The van der Waals surface area contributed by atoms with Crippen LogP contribution in [0.1, 0.15) is 30.0 Å². The molecule has 0 saturated heterocycles. The minimum Gasteiger partial charge on any atom is -0.317 e. The van der Waals surface area contributed by atoms with Crippen molar-refractivity contribution in [3.63, 3.8) is 0 Å². The van der Waals surface area contributed by atoms with E-state index in [1.54, 1.807) is 0 Å². The fraction of sp³-hybridized carbons (Fsp3) is 0.636. The molecular formula is C11H19NS. The summed E-state index contributed by atoms with van der Waals surface area (Å²) in [4.78, 5) is 3.03. The van der Waals surface area contributed by atoms with Gasteiger partial charge in [0, 0.05) is 15.8 Å². The van der Waals surface area contributed by atoms with Crippen LogP contribution in [0.5, 0.6) is 0 Å². The maximum atomic E-state index is 3.26. The Morgan fingerprint density at radius 3 is 2.62 bits per heavy atom. The van der Waals surface area contributed by atoms with E-state index in [1.165, 1.54) is 29.0 Å². The van der Waals surface area contributed by atoms with Crippen LogP contribution in [0.15, 0.2) is 12.1 Å². The van der Waals surface area contributed by atoms with E-state index >= 15 is 0 Å². The van der Waals surface area contributed by atoms with Crippen LogP contribution in [0.4, 0.5) is 0 Å². The standard InChI is InChI=1S/C11H19NS/c1-4-10-7-8-11(13-10)6-5-9(2)12-3/h7-9,12H,4-6H2,1-3H3. The minimum atomic E-state index is 0.632. The lowest BCUT2D eigenvalue weighted by atomic mass is 10.1. The van der Waals surface area contributed by atoms with Gasteiger partial charge in [-0.25, -0.2) is 0 Å². The van der Waals surface area contributed by atoms with Gasteiger partial charge in [0.1, 0.15) is 0 Å². The predicted octanol–water partition coefficient (Wildman–Crippen LogP) is 2.85. The highest BCUT2D eigenvalue weighted by molar-refractivity contribution is 7.11. The van der Waals surface area contributed by atoms with Crippen LogP contribution in [-0.4, -0.2) is 13.1 Å². The highest BCUT2D eigenvalue weighted by atomic mass is 32.1. The Labute approximate surface area is 85.2 Å². The maximum absolute atomic E-state index is 3.26. The summed E-state index contributed by atoms with van der Waals surface area (Å²) in [5.41, 5.74) is 0. The molecule has 0 bridgehead atoms. The molecule has 0 aromatic carbocycles. The fourth-order valence-corrected chi connectivity index (χ4v) is 2.22. The van der Waals surface area contributed by atoms with Gasteiger partial charge in [-0.15, -0.1) is 11.3 Å². The first kappa shape index (κ1) is 10.7. The molecule has 2 heteroatoms. The zero-order chi connectivity index (χ0) is 9.68. The lowest BCUT2D eigenvalue weighted by Gasteiger charge is -2.07. The number of hydrogen-bond acceptors (Lipinski definition) is 2. The third-order valence-electron chi connectivity index (χ3n) is 2.38. The average molecular weight is 197 g/mol. The molecule has 0 saturated carbocycles. The number of rotatable bonds is 5. The highest BCUT2D eigenvalue weighted by Gasteiger charge is 2.01.